The molecule has 0 N–H and O–H groups in total. The Bertz CT molecular complexity index is 2020. The summed E-state index contributed by atoms with van der Waals surface area (Å²) in [5, 5.41) is 0.998. The van der Waals surface area contributed by atoms with Crippen LogP contribution in [0.2, 0.25) is 0 Å². The number of hydrogen-bond acceptors (Lipinski definition) is 3. The molecule has 36 heavy (non-hydrogen) atoms. The molecular weight excluding hydrogens is 455 g/mol. The quantitative estimate of drug-likeness (QED) is 0.246. The Balaban J connectivity index is 1.53. The van der Waals surface area contributed by atoms with Gasteiger partial charge in [0.2, 0.25) is 0 Å². The second-order valence-corrected chi connectivity index (χ2v) is 10.1. The summed E-state index contributed by atoms with van der Waals surface area (Å²) in [5.41, 5.74) is 7.23. The Kier molecular flexibility index (Phi) is 3.31. The van der Waals surface area contributed by atoms with E-state index in [-0.39, 0.29) is 36.6 Å². The summed E-state index contributed by atoms with van der Waals surface area (Å²) >= 11 is 1.71. The summed E-state index contributed by atoms with van der Waals surface area (Å²) < 4.78 is 45.3. The third-order valence-corrected chi connectivity index (χ3v) is 8.35. The summed E-state index contributed by atoms with van der Waals surface area (Å²) in [5.74, 6) is 0. The second kappa shape index (κ2) is 7.61. The van der Waals surface area contributed by atoms with E-state index in [1.807, 2.05) is 47.4 Å². The number of hydrogen-bond donors (Lipinski definition) is 0. The monoisotopic (exact) mass is 481 g/mol. The third-order valence-electron chi connectivity index (χ3n) is 7.13. The fraction of sp³-hybridized carbons (Fsp3) is 0. The lowest BCUT2D eigenvalue weighted by Crippen LogP contribution is -2.60. The maximum Gasteiger partial charge on any atom is 0.264 e. The van der Waals surface area contributed by atoms with Gasteiger partial charge in [-0.2, -0.15) is 0 Å². The predicted octanol–water partition coefficient (Wildman–Crippen LogP) is 6.98. The van der Waals surface area contributed by atoms with Crippen molar-refractivity contribution in [3.63, 3.8) is 0 Å². The molecule has 0 bridgehead atoms. The van der Waals surface area contributed by atoms with Gasteiger partial charge >= 0.3 is 0 Å². The van der Waals surface area contributed by atoms with Crippen LogP contribution in [0.25, 0.3) is 10.1 Å². The Labute approximate surface area is 221 Å². The first-order valence-electron chi connectivity index (χ1n) is 14.4. The highest BCUT2D eigenvalue weighted by Crippen LogP contribution is 2.47. The molecule has 0 saturated carbocycles. The predicted molar refractivity (Wildman–Crippen MR) is 156 cm³/mol. The van der Waals surface area contributed by atoms with Crippen LogP contribution in [0.5, 0.6) is 0 Å². The van der Waals surface area contributed by atoms with Gasteiger partial charge in [0, 0.05) is 43.3 Å². The molecule has 3 heterocycles. The fourth-order valence-electron chi connectivity index (χ4n) is 5.76. The van der Waals surface area contributed by atoms with Crippen LogP contribution in [-0.2, 0) is 0 Å². The molecule has 0 radical (unpaired) electrons. The normalized spacial score (nSPS) is 15.3. The van der Waals surface area contributed by atoms with Crippen LogP contribution >= 0.6 is 11.3 Å². The average molecular weight is 481 g/mol. The minimum absolute atomic E-state index is 0.0780. The van der Waals surface area contributed by atoms with Crippen molar-refractivity contribution < 1.29 is 6.85 Å². The highest BCUT2D eigenvalue weighted by atomic mass is 32.1. The Morgan fingerprint density at radius 1 is 0.611 bits per heavy atom. The van der Waals surface area contributed by atoms with E-state index in [9.17, 15) is 0 Å². The minimum atomic E-state index is -0.395. The number of rotatable bonds is 2. The molecule has 0 fully saturated rings. The van der Waals surface area contributed by atoms with Gasteiger partial charge in [0.15, 0.2) is 0 Å². The summed E-state index contributed by atoms with van der Waals surface area (Å²) in [6, 6.07) is 31.5. The van der Waals surface area contributed by atoms with E-state index >= 15 is 0 Å². The molecule has 0 amide bonds. The van der Waals surface area contributed by atoms with Crippen molar-refractivity contribution >= 4 is 78.0 Å². The van der Waals surface area contributed by atoms with Crippen LogP contribution in [0.4, 0.5) is 34.1 Å². The molecule has 5 aromatic carbocycles. The van der Waals surface area contributed by atoms with Crippen LogP contribution < -0.4 is 25.5 Å². The molecule has 4 heteroatoms. The lowest BCUT2D eigenvalue weighted by Gasteiger charge is -2.43. The van der Waals surface area contributed by atoms with E-state index in [0.717, 1.165) is 48.8 Å². The molecular formula is C32H21BN2S. The van der Waals surface area contributed by atoms with Crippen LogP contribution in [0.3, 0.4) is 0 Å². The van der Waals surface area contributed by atoms with E-state index in [0.29, 0.717) is 0 Å². The average Bonchev–Trinajstić information content (AvgIpc) is 3.40. The molecule has 2 nitrogen and oxygen atoms in total. The summed E-state index contributed by atoms with van der Waals surface area (Å²) in [4.78, 5) is 4.18. The van der Waals surface area contributed by atoms with Crippen LogP contribution in [0.15, 0.2) is 127 Å². The fourth-order valence-corrected chi connectivity index (χ4v) is 7.08. The number of benzene rings is 5. The van der Waals surface area contributed by atoms with Gasteiger partial charge in [-0.05, 0) is 59.4 Å². The number of fused-ring (bicyclic) bond motifs is 6. The van der Waals surface area contributed by atoms with Crippen molar-refractivity contribution in [3.05, 3.63) is 127 Å². The van der Waals surface area contributed by atoms with E-state index in [2.05, 4.69) is 59.5 Å². The molecule has 1 aromatic heterocycles. The van der Waals surface area contributed by atoms with Crippen molar-refractivity contribution in [1.29, 1.82) is 0 Å². The molecule has 168 valence electrons. The molecule has 2 aliphatic heterocycles. The van der Waals surface area contributed by atoms with Gasteiger partial charge in [0.05, 0.1) is 12.5 Å². The highest BCUT2D eigenvalue weighted by molar-refractivity contribution is 7.33. The first-order chi connectivity index (χ1) is 20.0. The first kappa shape index (κ1) is 15.7. The maximum atomic E-state index is 8.95. The van der Waals surface area contributed by atoms with Crippen molar-refractivity contribution in [3.8, 4) is 0 Å². The second-order valence-electron chi connectivity index (χ2n) is 8.99. The van der Waals surface area contributed by atoms with Gasteiger partial charge in [-0.3, -0.25) is 0 Å². The van der Waals surface area contributed by atoms with E-state index in [4.69, 9.17) is 6.85 Å². The number of anilines is 6. The zero-order valence-corrected chi connectivity index (χ0v) is 19.9. The zero-order chi connectivity index (χ0) is 28.0. The summed E-state index contributed by atoms with van der Waals surface area (Å²) in [6.07, 6.45) is 0. The minimum Gasteiger partial charge on any atom is -0.311 e. The van der Waals surface area contributed by atoms with Gasteiger partial charge in [0.25, 0.3) is 6.71 Å². The van der Waals surface area contributed by atoms with Gasteiger partial charge in [-0.15, -0.1) is 11.3 Å². The maximum absolute atomic E-state index is 8.95. The van der Waals surface area contributed by atoms with Gasteiger partial charge < -0.3 is 9.80 Å². The molecule has 0 unspecified atom stereocenters. The molecule has 8 rings (SSSR count). The Morgan fingerprint density at radius 3 is 2.17 bits per heavy atom. The topological polar surface area (TPSA) is 6.48 Å². The smallest absolute Gasteiger partial charge is 0.264 e. The van der Waals surface area contributed by atoms with Crippen molar-refractivity contribution in [2.75, 3.05) is 9.80 Å². The molecule has 0 saturated heterocycles. The number of para-hydroxylation sites is 3. The molecule has 2 aliphatic rings. The SMILES string of the molecule is [2H]c1c([2H])c([2H])c(N2c3cccc4c3B(c3ccccc3N4c3ccccc3)c3sc4ccccc4c32)c([2H])c1[2H]. The van der Waals surface area contributed by atoms with Crippen LogP contribution in [0, 0.1) is 0 Å². The van der Waals surface area contributed by atoms with Crippen molar-refractivity contribution in [1.82, 2.24) is 0 Å². The standard InChI is InChI=1S/C32H21BN2S/c1-3-12-22(13-4-1)34-26-18-9-8-17-25(26)33-30-27(34)19-11-20-28(30)35(23-14-5-2-6-15-23)31-24-16-7-10-21-29(24)36-32(31)33/h1-21H/i2D,5D,6D,14D,15D. The zero-order valence-electron chi connectivity index (χ0n) is 24.1. The molecule has 0 spiro atoms. The number of thiophene rings is 1. The molecule has 0 atom stereocenters. The first-order valence-corrected chi connectivity index (χ1v) is 12.7. The lowest BCUT2D eigenvalue weighted by molar-refractivity contribution is 1.26. The van der Waals surface area contributed by atoms with Gasteiger partial charge in [-0.1, -0.05) is 78.8 Å². The van der Waals surface area contributed by atoms with E-state index < -0.39 is 6.04 Å². The number of nitrogens with zero attached hydrogens (tertiary/aromatic N) is 2. The molecule has 6 aromatic rings. The van der Waals surface area contributed by atoms with Gasteiger partial charge in [-0.25, -0.2) is 0 Å². The van der Waals surface area contributed by atoms with Crippen molar-refractivity contribution in [2.24, 2.45) is 0 Å². The summed E-state index contributed by atoms with van der Waals surface area (Å²) in [7, 11) is 0. The lowest BCUT2D eigenvalue weighted by atomic mass is 9.36. The van der Waals surface area contributed by atoms with Crippen LogP contribution in [0.1, 0.15) is 6.85 Å². The Hall–Kier alpha value is -4.28. The third kappa shape index (κ3) is 2.68. The van der Waals surface area contributed by atoms with Crippen LogP contribution in [-0.4, -0.2) is 6.71 Å². The van der Waals surface area contributed by atoms with Gasteiger partial charge in [0.1, 0.15) is 0 Å². The van der Waals surface area contributed by atoms with E-state index in [1.54, 1.807) is 11.3 Å². The largest absolute Gasteiger partial charge is 0.311 e. The molecule has 0 aliphatic carbocycles. The summed E-state index contributed by atoms with van der Waals surface area (Å²) in [6.45, 7) is -0.0780. The van der Waals surface area contributed by atoms with E-state index in [1.165, 1.54) is 5.46 Å². The highest BCUT2D eigenvalue weighted by Gasteiger charge is 2.44. The van der Waals surface area contributed by atoms with Crippen molar-refractivity contribution in [2.45, 2.75) is 0 Å². The Morgan fingerprint density at radius 2 is 1.31 bits per heavy atom.